The van der Waals surface area contributed by atoms with Gasteiger partial charge in [-0.25, -0.2) is 0 Å². The Balaban J connectivity index is 2.43. The van der Waals surface area contributed by atoms with Crippen LogP contribution in [0, 0.1) is 0 Å². The SMILES string of the molecule is COc1ccc(C(C)C)cc1C(=O)c1ccc(CN)o1. The minimum Gasteiger partial charge on any atom is -0.496 e. The zero-order valence-electron chi connectivity index (χ0n) is 12.0. The Labute approximate surface area is 118 Å². The van der Waals surface area contributed by atoms with Crippen molar-refractivity contribution in [2.45, 2.75) is 26.3 Å². The van der Waals surface area contributed by atoms with Gasteiger partial charge in [-0.3, -0.25) is 4.79 Å². The summed E-state index contributed by atoms with van der Waals surface area (Å²) in [5.41, 5.74) is 7.09. The van der Waals surface area contributed by atoms with Gasteiger partial charge in [-0.15, -0.1) is 0 Å². The molecule has 4 nitrogen and oxygen atoms in total. The van der Waals surface area contributed by atoms with E-state index >= 15 is 0 Å². The largest absolute Gasteiger partial charge is 0.496 e. The standard InChI is InChI=1S/C16H19NO3/c1-10(2)11-4-6-14(19-3)13(8-11)16(18)15-7-5-12(9-17)20-15/h4-8,10H,9,17H2,1-3H3. The fraction of sp³-hybridized carbons (Fsp3) is 0.312. The van der Waals surface area contributed by atoms with Crippen LogP contribution in [0.4, 0.5) is 0 Å². The van der Waals surface area contributed by atoms with Crippen LogP contribution >= 0.6 is 0 Å². The van der Waals surface area contributed by atoms with Gasteiger partial charge in [0, 0.05) is 0 Å². The van der Waals surface area contributed by atoms with Gasteiger partial charge in [0.05, 0.1) is 19.2 Å². The Morgan fingerprint density at radius 3 is 2.60 bits per heavy atom. The Hall–Kier alpha value is -2.07. The molecule has 106 valence electrons. The number of benzene rings is 1. The Morgan fingerprint density at radius 2 is 2.05 bits per heavy atom. The smallest absolute Gasteiger partial charge is 0.231 e. The molecular formula is C16H19NO3. The van der Waals surface area contributed by atoms with Crippen LogP contribution in [0.1, 0.15) is 47.2 Å². The van der Waals surface area contributed by atoms with Crippen molar-refractivity contribution in [2.75, 3.05) is 7.11 Å². The molecule has 0 bridgehead atoms. The molecule has 0 radical (unpaired) electrons. The Bertz CT molecular complexity index is 614. The van der Waals surface area contributed by atoms with E-state index in [0.29, 0.717) is 23.0 Å². The van der Waals surface area contributed by atoms with E-state index in [2.05, 4.69) is 13.8 Å². The third-order valence-corrected chi connectivity index (χ3v) is 3.22. The molecule has 4 heteroatoms. The first-order chi connectivity index (χ1) is 9.56. The molecule has 0 saturated carbocycles. The van der Waals surface area contributed by atoms with Gasteiger partial charge in [-0.2, -0.15) is 0 Å². The summed E-state index contributed by atoms with van der Waals surface area (Å²) in [6, 6.07) is 9.00. The monoisotopic (exact) mass is 273 g/mol. The number of methoxy groups -OCH3 is 1. The number of hydrogen-bond donors (Lipinski definition) is 1. The predicted molar refractivity (Wildman–Crippen MR) is 77.1 cm³/mol. The lowest BCUT2D eigenvalue weighted by atomic mass is 9.98. The number of ether oxygens (including phenoxy) is 1. The second kappa shape index (κ2) is 5.92. The summed E-state index contributed by atoms with van der Waals surface area (Å²) in [7, 11) is 1.55. The van der Waals surface area contributed by atoms with Crippen LogP contribution < -0.4 is 10.5 Å². The number of carbonyl (C=O) groups excluding carboxylic acids is 1. The first-order valence-corrected chi connectivity index (χ1v) is 6.58. The number of nitrogens with two attached hydrogens (primary N) is 1. The van der Waals surface area contributed by atoms with Crippen molar-refractivity contribution in [1.82, 2.24) is 0 Å². The maximum absolute atomic E-state index is 12.5. The van der Waals surface area contributed by atoms with Crippen LogP contribution in [0.2, 0.25) is 0 Å². The maximum Gasteiger partial charge on any atom is 0.231 e. The Morgan fingerprint density at radius 1 is 1.30 bits per heavy atom. The van der Waals surface area contributed by atoms with Gasteiger partial charge in [0.2, 0.25) is 5.78 Å². The highest BCUT2D eigenvalue weighted by molar-refractivity contribution is 6.09. The van der Waals surface area contributed by atoms with Crippen molar-refractivity contribution >= 4 is 5.78 Å². The van der Waals surface area contributed by atoms with E-state index in [1.54, 1.807) is 19.2 Å². The van der Waals surface area contributed by atoms with Crippen LogP contribution in [0.25, 0.3) is 0 Å². The zero-order chi connectivity index (χ0) is 14.7. The highest BCUT2D eigenvalue weighted by Crippen LogP contribution is 2.27. The van der Waals surface area contributed by atoms with Crippen molar-refractivity contribution in [3.8, 4) is 5.75 Å². The molecule has 2 N–H and O–H groups in total. The van der Waals surface area contributed by atoms with Gasteiger partial charge in [0.15, 0.2) is 5.76 Å². The third kappa shape index (κ3) is 2.75. The lowest BCUT2D eigenvalue weighted by Gasteiger charge is -2.11. The number of ketones is 1. The molecule has 1 aromatic heterocycles. The van der Waals surface area contributed by atoms with E-state index in [-0.39, 0.29) is 18.1 Å². The van der Waals surface area contributed by atoms with Crippen molar-refractivity contribution in [3.63, 3.8) is 0 Å². The summed E-state index contributed by atoms with van der Waals surface area (Å²) in [4.78, 5) is 12.5. The minimum absolute atomic E-state index is 0.191. The fourth-order valence-electron chi connectivity index (χ4n) is 2.00. The maximum atomic E-state index is 12.5. The van der Waals surface area contributed by atoms with Crippen LogP contribution in [-0.4, -0.2) is 12.9 Å². The van der Waals surface area contributed by atoms with E-state index in [1.165, 1.54) is 0 Å². The summed E-state index contributed by atoms with van der Waals surface area (Å²) in [5.74, 6) is 1.56. The number of carbonyl (C=O) groups is 1. The van der Waals surface area contributed by atoms with E-state index in [9.17, 15) is 4.79 Å². The molecule has 2 aromatic rings. The fourth-order valence-corrected chi connectivity index (χ4v) is 2.00. The quantitative estimate of drug-likeness (QED) is 0.850. The van der Waals surface area contributed by atoms with Gasteiger partial charge in [-0.1, -0.05) is 19.9 Å². The Kier molecular flexibility index (Phi) is 4.25. The van der Waals surface area contributed by atoms with Gasteiger partial charge in [0.1, 0.15) is 11.5 Å². The highest BCUT2D eigenvalue weighted by atomic mass is 16.5. The molecular weight excluding hydrogens is 254 g/mol. The molecule has 0 fully saturated rings. The van der Waals surface area contributed by atoms with Gasteiger partial charge >= 0.3 is 0 Å². The van der Waals surface area contributed by atoms with Crippen molar-refractivity contribution in [3.05, 3.63) is 53.0 Å². The molecule has 20 heavy (non-hydrogen) atoms. The molecule has 1 aromatic carbocycles. The minimum atomic E-state index is -0.191. The van der Waals surface area contributed by atoms with Gasteiger partial charge in [0.25, 0.3) is 0 Å². The van der Waals surface area contributed by atoms with Gasteiger partial charge < -0.3 is 14.9 Å². The topological polar surface area (TPSA) is 65.5 Å². The van der Waals surface area contributed by atoms with E-state index < -0.39 is 0 Å². The third-order valence-electron chi connectivity index (χ3n) is 3.22. The first kappa shape index (κ1) is 14.3. The first-order valence-electron chi connectivity index (χ1n) is 6.58. The molecule has 0 spiro atoms. The summed E-state index contributed by atoms with van der Waals surface area (Å²) in [5, 5.41) is 0. The molecule has 0 aliphatic heterocycles. The molecule has 0 aliphatic rings. The van der Waals surface area contributed by atoms with Crippen LogP contribution in [0.5, 0.6) is 5.75 Å². The van der Waals surface area contributed by atoms with Crippen LogP contribution in [-0.2, 0) is 6.54 Å². The van der Waals surface area contributed by atoms with E-state index in [0.717, 1.165) is 5.56 Å². The lowest BCUT2D eigenvalue weighted by Crippen LogP contribution is -2.04. The second-order valence-electron chi connectivity index (χ2n) is 4.91. The summed E-state index contributed by atoms with van der Waals surface area (Å²) < 4.78 is 10.7. The highest BCUT2D eigenvalue weighted by Gasteiger charge is 2.19. The van der Waals surface area contributed by atoms with Crippen molar-refractivity contribution < 1.29 is 13.9 Å². The number of hydrogen-bond acceptors (Lipinski definition) is 4. The van der Waals surface area contributed by atoms with Crippen LogP contribution in [0.3, 0.4) is 0 Å². The average molecular weight is 273 g/mol. The molecule has 0 atom stereocenters. The molecule has 2 rings (SSSR count). The van der Waals surface area contributed by atoms with Gasteiger partial charge in [-0.05, 0) is 35.7 Å². The van der Waals surface area contributed by atoms with E-state index in [1.807, 2.05) is 18.2 Å². The molecule has 0 saturated heterocycles. The number of rotatable bonds is 5. The molecule has 0 amide bonds. The summed E-state index contributed by atoms with van der Waals surface area (Å²) in [6.07, 6.45) is 0. The number of furan rings is 1. The molecule has 0 aliphatic carbocycles. The van der Waals surface area contributed by atoms with E-state index in [4.69, 9.17) is 14.9 Å². The zero-order valence-corrected chi connectivity index (χ0v) is 12.0. The summed E-state index contributed by atoms with van der Waals surface area (Å²) in [6.45, 7) is 4.43. The van der Waals surface area contributed by atoms with Crippen molar-refractivity contribution in [1.29, 1.82) is 0 Å². The lowest BCUT2D eigenvalue weighted by molar-refractivity contribution is 0.100. The predicted octanol–water partition coefficient (Wildman–Crippen LogP) is 3.10. The summed E-state index contributed by atoms with van der Waals surface area (Å²) >= 11 is 0. The normalized spacial score (nSPS) is 10.8. The molecule has 1 heterocycles. The average Bonchev–Trinajstić information content (AvgIpc) is 2.94. The second-order valence-corrected chi connectivity index (χ2v) is 4.91. The van der Waals surface area contributed by atoms with Crippen LogP contribution in [0.15, 0.2) is 34.7 Å². The van der Waals surface area contributed by atoms with Crippen molar-refractivity contribution in [2.24, 2.45) is 5.73 Å². The molecule has 0 unspecified atom stereocenters.